The maximum atomic E-state index is 11.9. The van der Waals surface area contributed by atoms with Crippen LogP contribution in [0.5, 0.6) is 5.75 Å². The molecule has 0 aliphatic heterocycles. The predicted molar refractivity (Wildman–Crippen MR) is 87.8 cm³/mol. The molecule has 0 bridgehead atoms. The first kappa shape index (κ1) is 16.6. The number of methoxy groups -OCH3 is 1. The molecule has 6 nitrogen and oxygen atoms in total. The van der Waals surface area contributed by atoms with Crippen molar-refractivity contribution in [2.45, 2.75) is 0 Å². The number of esters is 1. The number of para-hydroxylation sites is 2. The molecule has 1 amide bonds. The highest BCUT2D eigenvalue weighted by atomic mass is 35.5. The molecule has 0 saturated carbocycles. The maximum Gasteiger partial charge on any atom is 0.338 e. The van der Waals surface area contributed by atoms with Gasteiger partial charge >= 0.3 is 5.97 Å². The Morgan fingerprint density at radius 2 is 1.96 bits per heavy atom. The topological polar surface area (TPSA) is 90.6 Å². The average molecular weight is 335 g/mol. The number of nitrogens with two attached hydrogens (primary N) is 1. The molecular formula is C16H15ClN2O4. The fraction of sp³-hybridized carbons (Fsp3) is 0.125. The van der Waals surface area contributed by atoms with Gasteiger partial charge in [0.15, 0.2) is 6.61 Å². The molecular weight excluding hydrogens is 320 g/mol. The highest BCUT2D eigenvalue weighted by Gasteiger charge is 2.12. The van der Waals surface area contributed by atoms with Crippen molar-refractivity contribution in [3.8, 4) is 5.75 Å². The molecule has 23 heavy (non-hydrogen) atoms. The van der Waals surface area contributed by atoms with Gasteiger partial charge in [-0.2, -0.15) is 0 Å². The highest BCUT2D eigenvalue weighted by Crippen LogP contribution is 2.23. The summed E-state index contributed by atoms with van der Waals surface area (Å²) in [5, 5.41) is 2.94. The molecule has 0 aromatic heterocycles. The van der Waals surface area contributed by atoms with Crippen molar-refractivity contribution < 1.29 is 19.1 Å². The number of hydrogen-bond donors (Lipinski definition) is 2. The van der Waals surface area contributed by atoms with Crippen LogP contribution in [0.3, 0.4) is 0 Å². The number of ether oxygens (including phenoxy) is 2. The largest absolute Gasteiger partial charge is 0.495 e. The van der Waals surface area contributed by atoms with E-state index >= 15 is 0 Å². The van der Waals surface area contributed by atoms with Crippen LogP contribution in [0.25, 0.3) is 0 Å². The van der Waals surface area contributed by atoms with E-state index in [0.29, 0.717) is 16.5 Å². The SMILES string of the molecule is COc1ccccc1NC(=O)COC(=O)c1ccc(Cl)c(N)c1. The summed E-state index contributed by atoms with van der Waals surface area (Å²) in [6.45, 7) is -0.431. The predicted octanol–water partition coefficient (Wildman–Crippen LogP) is 2.73. The van der Waals surface area contributed by atoms with Crippen LogP contribution in [-0.2, 0) is 9.53 Å². The van der Waals surface area contributed by atoms with Crippen molar-refractivity contribution in [1.82, 2.24) is 0 Å². The summed E-state index contributed by atoms with van der Waals surface area (Å²) in [4.78, 5) is 23.7. The van der Waals surface area contributed by atoms with Crippen LogP contribution in [0, 0.1) is 0 Å². The normalized spacial score (nSPS) is 10.0. The molecule has 2 aromatic rings. The second kappa shape index (κ2) is 7.51. The van der Waals surface area contributed by atoms with E-state index in [0.717, 1.165) is 0 Å². The number of carbonyl (C=O) groups excluding carboxylic acids is 2. The molecule has 0 fully saturated rings. The number of benzene rings is 2. The van der Waals surface area contributed by atoms with Crippen LogP contribution in [0.15, 0.2) is 42.5 Å². The maximum absolute atomic E-state index is 11.9. The number of carbonyl (C=O) groups is 2. The van der Waals surface area contributed by atoms with Crippen molar-refractivity contribution in [1.29, 1.82) is 0 Å². The smallest absolute Gasteiger partial charge is 0.338 e. The zero-order valence-electron chi connectivity index (χ0n) is 12.3. The summed E-state index contributed by atoms with van der Waals surface area (Å²) in [5.74, 6) is -0.633. The standard InChI is InChI=1S/C16H15ClN2O4/c1-22-14-5-3-2-4-13(14)19-15(20)9-23-16(21)10-6-7-11(17)12(18)8-10/h2-8H,9,18H2,1H3,(H,19,20). The zero-order valence-corrected chi connectivity index (χ0v) is 13.1. The van der Waals surface area contributed by atoms with E-state index < -0.39 is 18.5 Å². The fourth-order valence-electron chi connectivity index (χ4n) is 1.82. The Labute approximate surface area is 138 Å². The Morgan fingerprint density at radius 1 is 1.22 bits per heavy atom. The minimum atomic E-state index is -0.663. The Hall–Kier alpha value is -2.73. The van der Waals surface area contributed by atoms with E-state index in [4.69, 9.17) is 26.8 Å². The first-order chi connectivity index (χ1) is 11.0. The minimum Gasteiger partial charge on any atom is -0.495 e. The van der Waals surface area contributed by atoms with Crippen LogP contribution >= 0.6 is 11.6 Å². The monoisotopic (exact) mass is 334 g/mol. The van der Waals surface area contributed by atoms with Gasteiger partial charge in [-0.05, 0) is 30.3 Å². The number of hydrogen-bond acceptors (Lipinski definition) is 5. The van der Waals surface area contributed by atoms with Gasteiger partial charge in [-0.25, -0.2) is 4.79 Å². The third-order valence-electron chi connectivity index (χ3n) is 2.95. The van der Waals surface area contributed by atoms with Crippen LogP contribution in [0.4, 0.5) is 11.4 Å². The third-order valence-corrected chi connectivity index (χ3v) is 3.29. The summed E-state index contributed by atoms with van der Waals surface area (Å²) in [6, 6.07) is 11.3. The van der Waals surface area contributed by atoms with E-state index in [1.165, 1.54) is 25.3 Å². The second-order valence-corrected chi connectivity index (χ2v) is 4.97. The lowest BCUT2D eigenvalue weighted by atomic mass is 10.2. The first-order valence-corrected chi connectivity index (χ1v) is 7.04. The molecule has 2 aromatic carbocycles. The molecule has 0 unspecified atom stereocenters. The summed E-state index contributed by atoms with van der Waals surface area (Å²) in [7, 11) is 1.50. The summed E-state index contributed by atoms with van der Waals surface area (Å²) in [5.41, 5.74) is 6.59. The van der Waals surface area contributed by atoms with Gasteiger partial charge in [-0.1, -0.05) is 23.7 Å². The molecule has 0 heterocycles. The van der Waals surface area contributed by atoms with E-state index in [1.54, 1.807) is 24.3 Å². The molecule has 0 aliphatic rings. The number of nitrogen functional groups attached to an aromatic ring is 1. The minimum absolute atomic E-state index is 0.219. The van der Waals surface area contributed by atoms with E-state index in [2.05, 4.69) is 5.32 Å². The zero-order chi connectivity index (χ0) is 16.8. The van der Waals surface area contributed by atoms with E-state index in [1.807, 2.05) is 0 Å². The van der Waals surface area contributed by atoms with Gasteiger partial charge in [0.1, 0.15) is 5.75 Å². The average Bonchev–Trinajstić information content (AvgIpc) is 2.55. The van der Waals surface area contributed by atoms with Crippen molar-refractivity contribution in [2.75, 3.05) is 24.8 Å². The quantitative estimate of drug-likeness (QED) is 0.648. The molecule has 3 N–H and O–H groups in total. The molecule has 0 radical (unpaired) electrons. The Bertz CT molecular complexity index is 734. The van der Waals surface area contributed by atoms with Crippen molar-refractivity contribution >= 4 is 34.9 Å². The lowest BCUT2D eigenvalue weighted by Gasteiger charge is -2.10. The summed E-state index contributed by atoms with van der Waals surface area (Å²) in [6.07, 6.45) is 0. The van der Waals surface area contributed by atoms with E-state index in [-0.39, 0.29) is 11.3 Å². The lowest BCUT2D eigenvalue weighted by Crippen LogP contribution is -2.21. The van der Waals surface area contributed by atoms with Gasteiger partial charge in [0.2, 0.25) is 0 Å². The number of halogens is 1. The van der Waals surface area contributed by atoms with Gasteiger partial charge in [0.05, 0.1) is 29.1 Å². The number of anilines is 2. The highest BCUT2D eigenvalue weighted by molar-refractivity contribution is 6.33. The molecule has 0 atom stereocenters. The second-order valence-electron chi connectivity index (χ2n) is 4.56. The van der Waals surface area contributed by atoms with Gasteiger partial charge in [-0.3, -0.25) is 4.79 Å². The fourth-order valence-corrected chi connectivity index (χ4v) is 1.94. The van der Waals surface area contributed by atoms with Crippen molar-refractivity contribution in [3.63, 3.8) is 0 Å². The lowest BCUT2D eigenvalue weighted by molar-refractivity contribution is -0.119. The summed E-state index contributed by atoms with van der Waals surface area (Å²) < 4.78 is 10.1. The van der Waals surface area contributed by atoms with Crippen LogP contribution in [0.2, 0.25) is 5.02 Å². The Kier molecular flexibility index (Phi) is 5.43. The molecule has 0 aliphatic carbocycles. The molecule has 0 spiro atoms. The molecule has 7 heteroatoms. The van der Waals surface area contributed by atoms with Crippen molar-refractivity contribution in [3.05, 3.63) is 53.1 Å². The molecule has 0 saturated heterocycles. The first-order valence-electron chi connectivity index (χ1n) is 6.66. The molecule has 2 rings (SSSR count). The van der Waals surface area contributed by atoms with Gasteiger partial charge in [0.25, 0.3) is 5.91 Å². The Balaban J connectivity index is 1.93. The summed E-state index contributed by atoms with van der Waals surface area (Å²) >= 11 is 5.78. The van der Waals surface area contributed by atoms with Crippen LogP contribution in [-0.4, -0.2) is 25.6 Å². The number of amides is 1. The number of nitrogens with one attached hydrogen (secondary N) is 1. The Morgan fingerprint density at radius 3 is 2.65 bits per heavy atom. The third kappa shape index (κ3) is 4.37. The number of rotatable bonds is 5. The van der Waals surface area contributed by atoms with Crippen LogP contribution in [0.1, 0.15) is 10.4 Å². The van der Waals surface area contributed by atoms with Crippen LogP contribution < -0.4 is 15.8 Å². The van der Waals surface area contributed by atoms with Crippen molar-refractivity contribution in [2.24, 2.45) is 0 Å². The van der Waals surface area contributed by atoms with Gasteiger partial charge in [-0.15, -0.1) is 0 Å². The van der Waals surface area contributed by atoms with Gasteiger partial charge in [0, 0.05) is 0 Å². The van der Waals surface area contributed by atoms with E-state index in [9.17, 15) is 9.59 Å². The van der Waals surface area contributed by atoms with Gasteiger partial charge < -0.3 is 20.5 Å². The molecule has 120 valence electrons.